The average Bonchev–Trinajstić information content (AvgIpc) is 3.25. The number of ether oxygens (including phenoxy) is 2. The van der Waals surface area contributed by atoms with Crippen LogP contribution in [0.4, 0.5) is 0 Å². The lowest BCUT2D eigenvalue weighted by atomic mass is 9.92. The molecule has 15 nitrogen and oxygen atoms in total. The zero-order valence-electron chi connectivity index (χ0n) is 18.8. The predicted molar refractivity (Wildman–Crippen MR) is 117 cm³/mol. The van der Waals surface area contributed by atoms with Crippen LogP contribution in [0.1, 0.15) is 11.5 Å². The van der Waals surface area contributed by atoms with E-state index in [1.54, 1.807) is 7.05 Å². The first-order chi connectivity index (χ1) is 17.1. The van der Waals surface area contributed by atoms with E-state index < -0.39 is 41.6 Å². The van der Waals surface area contributed by atoms with Crippen LogP contribution in [0.2, 0.25) is 0 Å². The molecule has 0 saturated carbocycles. The zero-order valence-corrected chi connectivity index (χ0v) is 19.6. The molecular formula is C20H20N6O9S. The molecule has 4 rings (SSSR count). The monoisotopic (exact) mass is 520 g/mol. The van der Waals surface area contributed by atoms with E-state index in [4.69, 9.17) is 9.47 Å². The highest BCUT2D eigenvalue weighted by atomic mass is 32.2. The fraction of sp³-hybridized carbons (Fsp3) is 0.350. The minimum absolute atomic E-state index is 0.0425. The number of carbonyl (C=O) groups is 4. The number of thioether (sulfide) groups is 1. The number of tetrazole rings is 1. The zero-order chi connectivity index (χ0) is 26.2. The molecule has 2 aliphatic rings. The number of nitrogens with one attached hydrogen (secondary N) is 1. The molecule has 1 fully saturated rings. The van der Waals surface area contributed by atoms with Crippen LogP contribution in [0.25, 0.3) is 0 Å². The number of β-lactam (4-membered cyclic amide) rings is 1. The Kier molecular flexibility index (Phi) is 6.66. The summed E-state index contributed by atoms with van der Waals surface area (Å²) in [4.78, 5) is 51.0. The first kappa shape index (κ1) is 25.1. The van der Waals surface area contributed by atoms with Crippen molar-refractivity contribution in [2.75, 3.05) is 19.5 Å². The number of aromatic hydroxyl groups is 1. The molecule has 3 atom stereocenters. The van der Waals surface area contributed by atoms with Gasteiger partial charge in [0.2, 0.25) is 11.1 Å². The minimum atomic E-state index is -2.14. The Morgan fingerprint density at radius 1 is 1.31 bits per heavy atom. The molecule has 36 heavy (non-hydrogen) atoms. The van der Waals surface area contributed by atoms with Gasteiger partial charge in [-0.05, 0) is 33.7 Å². The number of carbonyl (C=O) groups excluding carboxylic acids is 2. The molecule has 4 N–H and O–H groups in total. The third-order valence-electron chi connectivity index (χ3n) is 5.64. The van der Waals surface area contributed by atoms with Gasteiger partial charge in [0.25, 0.3) is 11.6 Å². The summed E-state index contributed by atoms with van der Waals surface area (Å²) < 4.78 is 12.4. The van der Waals surface area contributed by atoms with E-state index in [0.29, 0.717) is 5.16 Å². The number of hydrogen-bond donors (Lipinski definition) is 4. The van der Waals surface area contributed by atoms with Gasteiger partial charge in [-0.25, -0.2) is 9.48 Å². The molecule has 1 aromatic heterocycles. The van der Waals surface area contributed by atoms with E-state index in [-0.39, 0.29) is 34.9 Å². The molecule has 0 spiro atoms. The number of aliphatic carboxylic acids is 2. The Bertz CT molecular complexity index is 1260. The van der Waals surface area contributed by atoms with Gasteiger partial charge >= 0.3 is 11.9 Å². The maximum absolute atomic E-state index is 13.2. The van der Waals surface area contributed by atoms with Gasteiger partial charge in [-0.3, -0.25) is 19.3 Å². The van der Waals surface area contributed by atoms with Gasteiger partial charge in [-0.15, -0.1) is 5.10 Å². The molecule has 3 heterocycles. The molecule has 0 aliphatic carbocycles. The Balaban J connectivity index is 1.58. The number of carboxylic acid groups (broad SMARTS) is 2. The van der Waals surface area contributed by atoms with Crippen molar-refractivity contribution >= 4 is 35.5 Å². The predicted octanol–water partition coefficient (Wildman–Crippen LogP) is -1.13. The number of fused-ring (bicyclic) bond motifs is 1. The Morgan fingerprint density at radius 2 is 2.00 bits per heavy atom. The quantitative estimate of drug-likeness (QED) is 0.134. The smallest absolute Gasteiger partial charge is 0.352 e. The first-order valence-electron chi connectivity index (χ1n) is 10.2. The van der Waals surface area contributed by atoms with Crippen LogP contribution in [0.3, 0.4) is 0 Å². The topological polar surface area (TPSA) is 206 Å². The molecule has 2 aliphatic heterocycles. The fourth-order valence-electron chi connectivity index (χ4n) is 3.88. The van der Waals surface area contributed by atoms with Crippen LogP contribution in [0.5, 0.6) is 5.75 Å². The maximum Gasteiger partial charge on any atom is 0.352 e. The summed E-state index contributed by atoms with van der Waals surface area (Å²) in [5.41, 5.74) is -2.17. The lowest BCUT2D eigenvalue weighted by Crippen LogP contribution is -2.82. The third kappa shape index (κ3) is 4.14. The molecular weight excluding hydrogens is 500 g/mol. The summed E-state index contributed by atoms with van der Waals surface area (Å²) in [6, 6.07) is 4.93. The van der Waals surface area contributed by atoms with E-state index in [2.05, 4.69) is 20.8 Å². The third-order valence-corrected chi connectivity index (χ3v) is 6.73. The fourth-order valence-corrected chi connectivity index (χ4v) is 4.72. The number of aryl methyl sites for hydroxylation is 1. The van der Waals surface area contributed by atoms with Crippen molar-refractivity contribution in [2.45, 2.75) is 23.0 Å². The van der Waals surface area contributed by atoms with Crippen LogP contribution in [0.15, 0.2) is 40.7 Å². The molecule has 0 bridgehead atoms. The van der Waals surface area contributed by atoms with Gasteiger partial charge < -0.3 is 30.1 Å². The van der Waals surface area contributed by atoms with E-state index in [1.807, 2.05) is 0 Å². The number of benzene rings is 1. The van der Waals surface area contributed by atoms with Crippen molar-refractivity contribution in [3.8, 4) is 5.75 Å². The molecule has 190 valence electrons. The molecule has 0 radical (unpaired) electrons. The summed E-state index contributed by atoms with van der Waals surface area (Å²) >= 11 is 1.14. The molecule has 2 aromatic rings. The van der Waals surface area contributed by atoms with Crippen molar-refractivity contribution in [3.63, 3.8) is 0 Å². The van der Waals surface area contributed by atoms with E-state index in [1.165, 1.54) is 28.9 Å². The van der Waals surface area contributed by atoms with Gasteiger partial charge in [-0.2, -0.15) is 0 Å². The van der Waals surface area contributed by atoms with Crippen LogP contribution < -0.4 is 5.32 Å². The second-order valence-corrected chi connectivity index (χ2v) is 8.70. The Labute approximate surface area is 206 Å². The highest BCUT2D eigenvalue weighted by Crippen LogP contribution is 2.41. The van der Waals surface area contributed by atoms with Crippen LogP contribution in [0, 0.1) is 0 Å². The lowest BCUT2D eigenvalue weighted by Gasteiger charge is -2.55. The summed E-state index contributed by atoms with van der Waals surface area (Å²) in [5, 5.41) is 42.6. The average molecular weight is 520 g/mol. The van der Waals surface area contributed by atoms with Gasteiger partial charge in [0.15, 0.2) is 12.1 Å². The second kappa shape index (κ2) is 9.56. The summed E-state index contributed by atoms with van der Waals surface area (Å²) in [6.07, 6.45) is -1.36. The van der Waals surface area contributed by atoms with Gasteiger partial charge in [0, 0.05) is 19.9 Å². The van der Waals surface area contributed by atoms with Crippen molar-refractivity contribution < 1.29 is 44.0 Å². The number of rotatable bonds is 9. The normalized spacial score (nSPS) is 22.0. The SMILES string of the molecule is CO[C@]1(NC(=O)C(C(=O)O)c2ccc(O)cc2)C(=O)N2C(C(=O)O)=C(CSc3nnnn3C)CO[C@H]21. The van der Waals surface area contributed by atoms with E-state index in [9.17, 15) is 34.5 Å². The number of carboxylic acids is 2. The molecule has 2 amide bonds. The highest BCUT2D eigenvalue weighted by Gasteiger charge is 2.68. The van der Waals surface area contributed by atoms with Crippen LogP contribution in [-0.2, 0) is 35.7 Å². The highest BCUT2D eigenvalue weighted by molar-refractivity contribution is 7.99. The summed E-state index contributed by atoms with van der Waals surface area (Å²) in [6.45, 7) is -0.213. The standard InChI is InChI=1S/C20H20N6O9S/c1-25-19(22-23-24-25)36-8-10-7-35-18-20(34-2,17(33)26(18)13(10)16(31)32)21-14(28)12(15(29)30)9-3-5-11(27)6-4-9/h3-6,12,18,27H,7-8H2,1-2H3,(H,21,28)(H,29,30)(H,31,32)/t12?,18-,20+/m0/s1. The van der Waals surface area contributed by atoms with Crippen molar-refractivity contribution in [1.29, 1.82) is 0 Å². The largest absolute Gasteiger partial charge is 0.508 e. The van der Waals surface area contributed by atoms with Crippen LogP contribution >= 0.6 is 11.8 Å². The van der Waals surface area contributed by atoms with Crippen molar-refractivity contribution in [1.82, 2.24) is 30.4 Å². The van der Waals surface area contributed by atoms with Crippen molar-refractivity contribution in [2.24, 2.45) is 7.05 Å². The lowest BCUT2D eigenvalue weighted by molar-refractivity contribution is -0.258. The molecule has 1 aromatic carbocycles. The van der Waals surface area contributed by atoms with Crippen LogP contribution in [-0.4, -0.2) is 95.6 Å². The number of aromatic nitrogens is 4. The van der Waals surface area contributed by atoms with E-state index in [0.717, 1.165) is 23.8 Å². The Morgan fingerprint density at radius 3 is 2.56 bits per heavy atom. The van der Waals surface area contributed by atoms with Gasteiger partial charge in [0.05, 0.1) is 6.61 Å². The molecule has 1 saturated heterocycles. The first-order valence-corrected chi connectivity index (χ1v) is 11.2. The number of nitrogens with zero attached hydrogens (tertiary/aromatic N) is 5. The number of hydrogen-bond acceptors (Lipinski definition) is 11. The van der Waals surface area contributed by atoms with Gasteiger partial charge in [0.1, 0.15) is 11.4 Å². The Hall–Kier alpha value is -4.02. The molecule has 16 heteroatoms. The molecule has 1 unspecified atom stereocenters. The van der Waals surface area contributed by atoms with Gasteiger partial charge in [-0.1, -0.05) is 23.9 Å². The van der Waals surface area contributed by atoms with E-state index >= 15 is 0 Å². The number of methoxy groups -OCH3 is 1. The summed E-state index contributed by atoms with van der Waals surface area (Å²) in [5.74, 6) is -6.73. The minimum Gasteiger partial charge on any atom is -0.508 e. The second-order valence-electron chi connectivity index (χ2n) is 7.76. The number of phenols is 1. The van der Waals surface area contributed by atoms with Crippen molar-refractivity contribution in [3.05, 3.63) is 41.1 Å². The number of phenolic OH excluding ortho intramolecular Hbond substituents is 1. The summed E-state index contributed by atoms with van der Waals surface area (Å²) in [7, 11) is 2.71. The maximum atomic E-state index is 13.2. The number of amides is 2.